The molecular formula is C18H14ClFN2O2. The van der Waals surface area contributed by atoms with Gasteiger partial charge >= 0.3 is 6.03 Å². The van der Waals surface area contributed by atoms with E-state index in [1.165, 1.54) is 12.1 Å². The number of urea groups is 1. The van der Waals surface area contributed by atoms with E-state index >= 15 is 0 Å². The molecule has 2 atom stereocenters. The fourth-order valence-corrected chi connectivity index (χ4v) is 2.86. The zero-order valence-corrected chi connectivity index (χ0v) is 13.3. The highest BCUT2D eigenvalue weighted by atomic mass is 35.5. The van der Waals surface area contributed by atoms with E-state index in [4.69, 9.17) is 11.6 Å². The topological polar surface area (TPSA) is 58.2 Å². The number of nitrogens with one attached hydrogen (secondary N) is 2. The van der Waals surface area contributed by atoms with Gasteiger partial charge in [-0.25, -0.2) is 9.18 Å². The van der Waals surface area contributed by atoms with Gasteiger partial charge in [0, 0.05) is 16.3 Å². The Morgan fingerprint density at radius 1 is 1.08 bits per heavy atom. The Bertz CT molecular complexity index is 803. The molecule has 0 unspecified atom stereocenters. The van der Waals surface area contributed by atoms with Crippen molar-refractivity contribution in [3.05, 3.63) is 82.8 Å². The Balaban J connectivity index is 1.98. The summed E-state index contributed by atoms with van der Waals surface area (Å²) in [6.45, 7) is 3.81. The molecule has 3 rings (SSSR count). The quantitative estimate of drug-likeness (QED) is 0.831. The minimum Gasteiger partial charge on any atom is -0.330 e. The number of amides is 2. The molecule has 6 heteroatoms. The fourth-order valence-electron chi connectivity index (χ4n) is 2.73. The van der Waals surface area contributed by atoms with Crippen LogP contribution in [0.1, 0.15) is 22.0 Å². The van der Waals surface area contributed by atoms with E-state index in [1.807, 2.05) is 0 Å². The summed E-state index contributed by atoms with van der Waals surface area (Å²) in [4.78, 5) is 24.7. The minimum atomic E-state index is -0.714. The van der Waals surface area contributed by atoms with E-state index in [2.05, 4.69) is 17.2 Å². The Labute approximate surface area is 143 Å². The average Bonchev–Trinajstić information content (AvgIpc) is 2.55. The molecule has 2 N–H and O–H groups in total. The Morgan fingerprint density at radius 3 is 2.33 bits per heavy atom. The first-order valence-corrected chi connectivity index (χ1v) is 7.65. The lowest BCUT2D eigenvalue weighted by molar-refractivity contribution is 0.0905. The third kappa shape index (κ3) is 3.16. The number of Topliss-reactive ketones (excluding diaryl/α,β-unsaturated/α-hetero) is 1. The van der Waals surface area contributed by atoms with Gasteiger partial charge in [-0.05, 0) is 42.0 Å². The zero-order valence-electron chi connectivity index (χ0n) is 12.6. The lowest BCUT2D eigenvalue weighted by Gasteiger charge is -2.34. The molecule has 2 amide bonds. The first-order valence-electron chi connectivity index (χ1n) is 7.27. The smallest absolute Gasteiger partial charge is 0.319 e. The molecule has 2 aromatic carbocycles. The number of hydrogen-bond acceptors (Lipinski definition) is 2. The van der Waals surface area contributed by atoms with Crippen molar-refractivity contribution in [1.29, 1.82) is 0 Å². The first kappa shape index (κ1) is 16.2. The molecule has 1 aliphatic heterocycles. The van der Waals surface area contributed by atoms with E-state index in [9.17, 15) is 14.0 Å². The Hall–Kier alpha value is -2.66. The van der Waals surface area contributed by atoms with E-state index in [0.29, 0.717) is 21.8 Å². The summed E-state index contributed by atoms with van der Waals surface area (Å²) >= 11 is 5.86. The van der Waals surface area contributed by atoms with Gasteiger partial charge in [0.2, 0.25) is 0 Å². The zero-order chi connectivity index (χ0) is 17.3. The first-order chi connectivity index (χ1) is 11.5. The summed E-state index contributed by atoms with van der Waals surface area (Å²) in [5.74, 6) is -1.31. The molecule has 1 saturated heterocycles. The van der Waals surface area contributed by atoms with Crippen LogP contribution in [0.15, 0.2) is 60.8 Å². The predicted octanol–water partition coefficient (Wildman–Crippen LogP) is 3.85. The van der Waals surface area contributed by atoms with Gasteiger partial charge in [0.05, 0.1) is 12.0 Å². The van der Waals surface area contributed by atoms with Crippen LogP contribution in [0.4, 0.5) is 9.18 Å². The maximum atomic E-state index is 13.2. The average molecular weight is 345 g/mol. The van der Waals surface area contributed by atoms with Gasteiger partial charge in [-0.3, -0.25) is 4.79 Å². The van der Waals surface area contributed by atoms with Crippen molar-refractivity contribution < 1.29 is 14.0 Å². The molecular weight excluding hydrogens is 331 g/mol. The summed E-state index contributed by atoms with van der Waals surface area (Å²) < 4.78 is 13.2. The summed E-state index contributed by atoms with van der Waals surface area (Å²) in [5, 5.41) is 5.78. The summed E-state index contributed by atoms with van der Waals surface area (Å²) in [7, 11) is 0. The number of hydrogen-bond donors (Lipinski definition) is 2. The molecule has 0 aliphatic carbocycles. The standard InChI is InChI=1S/C18H14ClFN2O2/c1-10-15(17(23)12-2-6-13(19)7-3-12)16(22-18(24)21-10)11-4-8-14(20)9-5-11/h2-9,15-16H,1H2,(H2,21,22,24)/t15-,16-/m1/s1. The second kappa shape index (κ2) is 6.45. The van der Waals surface area contributed by atoms with Crippen molar-refractivity contribution in [1.82, 2.24) is 10.6 Å². The molecule has 4 nitrogen and oxygen atoms in total. The van der Waals surface area contributed by atoms with E-state index in [-0.39, 0.29) is 5.78 Å². The summed E-state index contributed by atoms with van der Waals surface area (Å²) in [6, 6.07) is 11.1. The molecule has 0 radical (unpaired) electrons. The van der Waals surface area contributed by atoms with Gasteiger partial charge in [0.15, 0.2) is 5.78 Å². The number of carbonyl (C=O) groups excluding carboxylic acids is 2. The van der Waals surface area contributed by atoms with Crippen LogP contribution >= 0.6 is 11.6 Å². The van der Waals surface area contributed by atoms with E-state index in [0.717, 1.165) is 0 Å². The second-order valence-electron chi connectivity index (χ2n) is 5.50. The number of halogens is 2. The van der Waals surface area contributed by atoms with Crippen molar-refractivity contribution in [2.45, 2.75) is 6.04 Å². The largest absolute Gasteiger partial charge is 0.330 e. The Kier molecular flexibility index (Phi) is 4.36. The van der Waals surface area contributed by atoms with Crippen LogP contribution in [0.2, 0.25) is 5.02 Å². The third-order valence-electron chi connectivity index (χ3n) is 3.91. The fraction of sp³-hybridized carbons (Fsp3) is 0.111. The molecule has 1 fully saturated rings. The monoisotopic (exact) mass is 344 g/mol. The predicted molar refractivity (Wildman–Crippen MR) is 89.2 cm³/mol. The van der Waals surface area contributed by atoms with Crippen molar-refractivity contribution in [3.63, 3.8) is 0 Å². The molecule has 2 aromatic rings. The van der Waals surface area contributed by atoms with Crippen LogP contribution in [0.3, 0.4) is 0 Å². The van der Waals surface area contributed by atoms with Crippen LogP contribution in [-0.2, 0) is 0 Å². The van der Waals surface area contributed by atoms with Crippen LogP contribution < -0.4 is 10.6 Å². The van der Waals surface area contributed by atoms with Crippen LogP contribution in [0, 0.1) is 11.7 Å². The highest BCUT2D eigenvalue weighted by molar-refractivity contribution is 6.30. The highest BCUT2D eigenvalue weighted by Gasteiger charge is 2.38. The number of benzene rings is 2. The molecule has 1 heterocycles. The maximum absolute atomic E-state index is 13.2. The van der Waals surface area contributed by atoms with Crippen molar-refractivity contribution >= 4 is 23.4 Å². The van der Waals surface area contributed by atoms with Gasteiger partial charge in [0.25, 0.3) is 0 Å². The van der Waals surface area contributed by atoms with Gasteiger partial charge in [-0.15, -0.1) is 0 Å². The molecule has 0 bridgehead atoms. The van der Waals surface area contributed by atoms with Gasteiger partial charge in [-0.2, -0.15) is 0 Å². The van der Waals surface area contributed by atoms with Crippen molar-refractivity contribution in [2.24, 2.45) is 5.92 Å². The van der Waals surface area contributed by atoms with Gasteiger partial charge in [-0.1, -0.05) is 30.3 Å². The van der Waals surface area contributed by atoms with E-state index in [1.54, 1.807) is 36.4 Å². The maximum Gasteiger partial charge on any atom is 0.319 e. The van der Waals surface area contributed by atoms with Crippen LogP contribution in [0.25, 0.3) is 0 Å². The van der Waals surface area contributed by atoms with Crippen LogP contribution in [0.5, 0.6) is 0 Å². The lowest BCUT2D eigenvalue weighted by Crippen LogP contribution is -2.50. The summed E-state index contributed by atoms with van der Waals surface area (Å²) in [5.41, 5.74) is 1.38. The SMILES string of the molecule is C=C1NC(=O)N[C@H](c2ccc(F)cc2)[C@@H]1C(=O)c1ccc(Cl)cc1. The van der Waals surface area contributed by atoms with Crippen molar-refractivity contribution in [2.75, 3.05) is 0 Å². The normalized spacial score (nSPS) is 20.2. The molecule has 24 heavy (non-hydrogen) atoms. The number of carbonyl (C=O) groups is 2. The molecule has 1 aliphatic rings. The molecule has 0 aromatic heterocycles. The molecule has 122 valence electrons. The number of rotatable bonds is 3. The third-order valence-corrected chi connectivity index (χ3v) is 4.16. The molecule has 0 saturated carbocycles. The molecule has 0 spiro atoms. The second-order valence-corrected chi connectivity index (χ2v) is 5.94. The minimum absolute atomic E-state index is 0.210. The highest BCUT2D eigenvalue weighted by Crippen LogP contribution is 2.32. The lowest BCUT2D eigenvalue weighted by atomic mass is 9.83. The van der Waals surface area contributed by atoms with Crippen LogP contribution in [-0.4, -0.2) is 11.8 Å². The van der Waals surface area contributed by atoms with Crippen molar-refractivity contribution in [3.8, 4) is 0 Å². The van der Waals surface area contributed by atoms with Gasteiger partial charge in [0.1, 0.15) is 5.82 Å². The van der Waals surface area contributed by atoms with Gasteiger partial charge < -0.3 is 10.6 Å². The number of ketones is 1. The Morgan fingerprint density at radius 2 is 1.71 bits per heavy atom. The van der Waals surface area contributed by atoms with E-state index < -0.39 is 23.8 Å². The summed E-state index contributed by atoms with van der Waals surface area (Å²) in [6.07, 6.45) is 0.